The summed E-state index contributed by atoms with van der Waals surface area (Å²) in [6.07, 6.45) is 1.81. The van der Waals surface area contributed by atoms with E-state index in [-0.39, 0.29) is 6.04 Å². The Hall–Kier alpha value is -0.790. The van der Waals surface area contributed by atoms with E-state index in [0.29, 0.717) is 0 Å². The number of nitrogens with zero attached hydrogens (tertiary/aromatic N) is 4. The van der Waals surface area contributed by atoms with E-state index in [1.165, 1.54) is 22.1 Å². The number of halogens is 1. The van der Waals surface area contributed by atoms with E-state index in [0.717, 1.165) is 35.2 Å². The molecule has 0 aliphatic heterocycles. The van der Waals surface area contributed by atoms with Crippen LogP contribution in [-0.2, 0) is 19.9 Å². The van der Waals surface area contributed by atoms with Gasteiger partial charge < -0.3 is 5.32 Å². The lowest BCUT2D eigenvalue weighted by Crippen LogP contribution is -2.24. The third-order valence-corrected chi connectivity index (χ3v) is 5.21. The average Bonchev–Trinajstić information content (AvgIpc) is 2.96. The minimum Gasteiger partial charge on any atom is -0.309 e. The first-order valence-electron chi connectivity index (χ1n) is 6.80. The summed E-state index contributed by atoms with van der Waals surface area (Å²) in [7, 11) is 2.00. The average molecular weight is 358 g/mol. The lowest BCUT2D eigenvalue weighted by Gasteiger charge is -2.17. The van der Waals surface area contributed by atoms with E-state index in [2.05, 4.69) is 49.8 Å². The summed E-state index contributed by atoms with van der Waals surface area (Å²) in [6.45, 7) is 7.17. The molecule has 1 atom stereocenters. The van der Waals surface area contributed by atoms with Crippen molar-refractivity contribution in [2.24, 2.45) is 7.05 Å². The van der Waals surface area contributed by atoms with Crippen LogP contribution in [0.1, 0.15) is 41.8 Å². The summed E-state index contributed by atoms with van der Waals surface area (Å²) >= 11 is 5.16. The van der Waals surface area contributed by atoms with Gasteiger partial charge in [-0.25, -0.2) is 0 Å². The zero-order valence-corrected chi connectivity index (χ0v) is 14.7. The van der Waals surface area contributed by atoms with E-state index in [4.69, 9.17) is 0 Å². The largest absolute Gasteiger partial charge is 0.309 e. The fraction of sp³-hybridized carbons (Fsp3) is 0.615. The van der Waals surface area contributed by atoms with E-state index < -0.39 is 0 Å². The van der Waals surface area contributed by atoms with Crippen molar-refractivity contribution in [1.29, 1.82) is 0 Å². The maximum Gasteiger partial charge on any atom is 0.0772 e. The summed E-state index contributed by atoms with van der Waals surface area (Å²) in [5.74, 6) is 0. The molecular weight excluding hydrogens is 338 g/mol. The van der Waals surface area contributed by atoms with Crippen molar-refractivity contribution in [2.45, 2.75) is 39.7 Å². The van der Waals surface area contributed by atoms with Crippen LogP contribution in [0.15, 0.2) is 4.47 Å². The van der Waals surface area contributed by atoms with Crippen molar-refractivity contribution in [1.82, 2.24) is 24.7 Å². The summed E-state index contributed by atoms with van der Waals surface area (Å²) in [4.78, 5) is 1.21. The van der Waals surface area contributed by atoms with Crippen LogP contribution in [0.2, 0.25) is 0 Å². The van der Waals surface area contributed by atoms with Gasteiger partial charge in [-0.2, -0.15) is 5.10 Å². The van der Waals surface area contributed by atoms with E-state index in [9.17, 15) is 0 Å². The van der Waals surface area contributed by atoms with Gasteiger partial charge in [0.15, 0.2) is 0 Å². The lowest BCUT2D eigenvalue weighted by atomic mass is 10.1. The number of likely N-dealkylation sites (N-methyl/N-ethyl adjacent to an activating group) is 1. The molecule has 0 radical (unpaired) electrons. The molecule has 5 nitrogen and oxygen atoms in total. The molecule has 2 heterocycles. The van der Waals surface area contributed by atoms with Gasteiger partial charge in [0.25, 0.3) is 0 Å². The number of aromatic nitrogens is 4. The normalized spacial score (nSPS) is 12.8. The Morgan fingerprint density at radius 1 is 1.40 bits per heavy atom. The van der Waals surface area contributed by atoms with Crippen molar-refractivity contribution in [3.8, 4) is 0 Å². The molecule has 0 saturated carbocycles. The molecule has 7 heteroatoms. The standard InChI is InChI=1S/C13H20BrN5S/c1-5-9-12(14)11(19(4)17-9)7-10(15-6-2)13-8(3)16-18-20-13/h10,15H,5-7H2,1-4H3. The zero-order valence-electron chi connectivity index (χ0n) is 12.3. The Balaban J connectivity index is 2.29. The Morgan fingerprint density at radius 2 is 2.15 bits per heavy atom. The molecule has 0 fully saturated rings. The molecule has 0 spiro atoms. The second-order valence-electron chi connectivity index (χ2n) is 4.72. The molecule has 0 amide bonds. The highest BCUT2D eigenvalue weighted by atomic mass is 79.9. The summed E-state index contributed by atoms with van der Waals surface area (Å²) in [5.41, 5.74) is 3.33. The van der Waals surface area contributed by atoms with Gasteiger partial charge in [-0.05, 0) is 47.4 Å². The fourth-order valence-electron chi connectivity index (χ4n) is 2.30. The number of nitrogens with one attached hydrogen (secondary N) is 1. The zero-order chi connectivity index (χ0) is 14.7. The third-order valence-electron chi connectivity index (χ3n) is 3.35. The molecule has 0 aliphatic carbocycles. The predicted molar refractivity (Wildman–Crippen MR) is 85.1 cm³/mol. The topological polar surface area (TPSA) is 55.6 Å². The van der Waals surface area contributed by atoms with Gasteiger partial charge >= 0.3 is 0 Å². The monoisotopic (exact) mass is 357 g/mol. The number of rotatable bonds is 6. The number of aryl methyl sites for hydroxylation is 3. The number of hydrogen-bond acceptors (Lipinski definition) is 5. The second-order valence-corrected chi connectivity index (χ2v) is 6.30. The minimum atomic E-state index is 0.233. The molecule has 110 valence electrons. The van der Waals surface area contributed by atoms with Gasteiger partial charge in [0.1, 0.15) is 0 Å². The Kier molecular flexibility index (Phi) is 5.29. The Labute approximate surface area is 132 Å². The maximum atomic E-state index is 4.56. The van der Waals surface area contributed by atoms with Gasteiger partial charge in [0.2, 0.25) is 0 Å². The minimum absolute atomic E-state index is 0.233. The molecule has 0 saturated heterocycles. The van der Waals surface area contributed by atoms with Crippen LogP contribution in [-0.4, -0.2) is 25.9 Å². The van der Waals surface area contributed by atoms with Gasteiger partial charge in [-0.15, -0.1) is 5.10 Å². The van der Waals surface area contributed by atoms with Crippen LogP contribution < -0.4 is 5.32 Å². The smallest absolute Gasteiger partial charge is 0.0772 e. The van der Waals surface area contributed by atoms with Crippen molar-refractivity contribution in [3.05, 3.63) is 26.4 Å². The summed E-state index contributed by atoms with van der Waals surface area (Å²) in [5, 5.41) is 12.2. The molecule has 0 aliphatic rings. The fourth-order valence-corrected chi connectivity index (χ4v) is 3.79. The van der Waals surface area contributed by atoms with Gasteiger partial charge in [0, 0.05) is 13.5 Å². The molecule has 1 N–H and O–H groups in total. The van der Waals surface area contributed by atoms with Crippen LogP contribution >= 0.6 is 27.5 Å². The first-order chi connectivity index (χ1) is 9.58. The van der Waals surface area contributed by atoms with E-state index in [1.807, 2.05) is 18.7 Å². The Morgan fingerprint density at radius 3 is 2.65 bits per heavy atom. The predicted octanol–water partition coefficient (Wildman–Crippen LogP) is 2.80. The van der Waals surface area contributed by atoms with E-state index >= 15 is 0 Å². The van der Waals surface area contributed by atoms with Crippen molar-refractivity contribution < 1.29 is 0 Å². The molecular formula is C13H20BrN5S. The summed E-state index contributed by atoms with van der Waals surface area (Å²) < 4.78 is 7.15. The molecule has 0 aromatic carbocycles. The van der Waals surface area contributed by atoms with Crippen molar-refractivity contribution in [3.63, 3.8) is 0 Å². The van der Waals surface area contributed by atoms with Crippen molar-refractivity contribution in [2.75, 3.05) is 6.54 Å². The molecule has 0 bridgehead atoms. The molecule has 2 rings (SSSR count). The van der Waals surface area contributed by atoms with Crippen LogP contribution in [0, 0.1) is 6.92 Å². The van der Waals surface area contributed by atoms with Crippen molar-refractivity contribution >= 4 is 27.5 Å². The molecule has 1 unspecified atom stereocenters. The van der Waals surface area contributed by atoms with Crippen LogP contribution in [0.3, 0.4) is 0 Å². The molecule has 2 aromatic heterocycles. The lowest BCUT2D eigenvalue weighted by molar-refractivity contribution is 0.532. The first kappa shape index (κ1) is 15.6. The van der Waals surface area contributed by atoms with Crippen LogP contribution in [0.5, 0.6) is 0 Å². The first-order valence-corrected chi connectivity index (χ1v) is 8.37. The quantitative estimate of drug-likeness (QED) is 0.863. The SMILES string of the molecule is CCNC(Cc1c(Br)c(CC)nn1C)c1snnc1C. The highest BCUT2D eigenvalue weighted by molar-refractivity contribution is 9.10. The van der Waals surface area contributed by atoms with Crippen LogP contribution in [0.4, 0.5) is 0 Å². The Bertz CT molecular complexity index is 577. The highest BCUT2D eigenvalue weighted by Gasteiger charge is 2.21. The van der Waals surface area contributed by atoms with E-state index in [1.54, 1.807) is 0 Å². The maximum absolute atomic E-state index is 4.56. The van der Waals surface area contributed by atoms with Gasteiger partial charge in [0.05, 0.1) is 32.5 Å². The van der Waals surface area contributed by atoms with Gasteiger partial charge in [-0.1, -0.05) is 18.3 Å². The van der Waals surface area contributed by atoms with Gasteiger partial charge in [-0.3, -0.25) is 4.68 Å². The molecule has 2 aromatic rings. The van der Waals surface area contributed by atoms with Crippen LogP contribution in [0.25, 0.3) is 0 Å². The third kappa shape index (κ3) is 3.10. The molecule has 20 heavy (non-hydrogen) atoms. The summed E-state index contributed by atoms with van der Waals surface area (Å²) in [6, 6.07) is 0.233. The second kappa shape index (κ2) is 6.78. The number of hydrogen-bond donors (Lipinski definition) is 1. The highest BCUT2D eigenvalue weighted by Crippen LogP contribution is 2.28.